The monoisotopic (exact) mass is 558 g/mol. The lowest BCUT2D eigenvalue weighted by molar-refractivity contribution is -0.130. The summed E-state index contributed by atoms with van der Waals surface area (Å²) >= 11 is 9.35. The zero-order chi connectivity index (χ0) is 28.4. The number of rotatable bonds is 7. The van der Waals surface area contributed by atoms with E-state index in [-0.39, 0.29) is 40.5 Å². The van der Waals surface area contributed by atoms with Crippen molar-refractivity contribution in [1.29, 1.82) is 5.26 Å². The maximum Gasteiger partial charge on any atom is 0.257 e. The number of ether oxygens (including phenoxy) is 1. The summed E-state index contributed by atoms with van der Waals surface area (Å²) in [6.07, 6.45) is -0.0567. The summed E-state index contributed by atoms with van der Waals surface area (Å²) < 4.78 is 56.1. The highest BCUT2D eigenvalue weighted by molar-refractivity contribution is 9.10. The summed E-state index contributed by atoms with van der Waals surface area (Å²) in [7, 11) is 0. The fourth-order valence-electron chi connectivity index (χ4n) is 4.23. The van der Waals surface area contributed by atoms with Gasteiger partial charge in [0.1, 0.15) is 5.82 Å². The van der Waals surface area contributed by atoms with Crippen molar-refractivity contribution in [2.75, 3.05) is 13.1 Å². The summed E-state index contributed by atoms with van der Waals surface area (Å²) in [5.74, 6) is -1.50. The largest absolute Gasteiger partial charge is 0.396 e. The van der Waals surface area contributed by atoms with E-state index in [1.54, 1.807) is 24.3 Å². The molecule has 1 N–H and O–H groups in total. The van der Waals surface area contributed by atoms with Crippen molar-refractivity contribution in [1.82, 2.24) is 4.90 Å². The predicted octanol–water partition coefficient (Wildman–Crippen LogP) is 5.76. The SMILES string of the molecule is [2H]C([2H])(O)C1(C([2H])([2H])OC2(c3ccc(Cl)cc3)c3c(F)cc(Br)cc3C(=O)N2Cc2ccc(C#N)cc2)CC1. The number of nitriles is 1. The minimum atomic E-state index is -2.96. The first-order valence-electron chi connectivity index (χ1n) is 12.7. The molecule has 1 aliphatic carbocycles. The van der Waals surface area contributed by atoms with Crippen LogP contribution in [0.25, 0.3) is 0 Å². The standard InChI is InChI=1S/C27H21BrClFN2O3/c28-20-11-22-24(23(30)12-20)27(19-5-7-21(29)8-6-19,35-16-26(15-33)9-10-26)32(25(22)34)14-18-3-1-17(13-31)2-4-18/h1-8,11-12,33H,9-10,14-16H2/i15D2,16D2. The van der Waals surface area contributed by atoms with Crippen molar-refractivity contribution in [3.8, 4) is 6.07 Å². The Labute approximate surface area is 221 Å². The molecule has 1 heterocycles. The van der Waals surface area contributed by atoms with E-state index in [1.165, 1.54) is 35.2 Å². The first-order valence-corrected chi connectivity index (χ1v) is 11.9. The van der Waals surface area contributed by atoms with E-state index in [1.807, 2.05) is 6.07 Å². The number of carbonyl (C=O) groups excluding carboxylic acids is 1. The number of carbonyl (C=O) groups is 1. The molecular formula is C27H21BrClFN2O3. The van der Waals surface area contributed by atoms with E-state index in [0.29, 0.717) is 16.1 Å². The number of halogens is 3. The van der Waals surface area contributed by atoms with Crippen molar-refractivity contribution in [3.05, 3.63) is 104 Å². The van der Waals surface area contributed by atoms with E-state index < -0.39 is 36.0 Å². The van der Waals surface area contributed by atoms with Crippen LogP contribution in [0, 0.1) is 22.6 Å². The summed E-state index contributed by atoms with van der Waals surface area (Å²) in [5.41, 5.74) is -3.36. The average Bonchev–Trinajstić information content (AvgIpc) is 3.66. The van der Waals surface area contributed by atoms with Crippen molar-refractivity contribution in [3.63, 3.8) is 0 Å². The lowest BCUT2D eigenvalue weighted by Crippen LogP contribution is -2.48. The van der Waals surface area contributed by atoms with Crippen LogP contribution in [-0.4, -0.2) is 29.0 Å². The molecule has 1 unspecified atom stereocenters. The number of hydrogen-bond acceptors (Lipinski definition) is 4. The summed E-state index contributed by atoms with van der Waals surface area (Å²) in [6, 6.07) is 16.9. The molecule has 0 radical (unpaired) electrons. The van der Waals surface area contributed by atoms with Gasteiger partial charge in [-0.2, -0.15) is 5.26 Å². The second kappa shape index (κ2) is 9.03. The molecule has 8 heteroatoms. The minimum Gasteiger partial charge on any atom is -0.396 e. The van der Waals surface area contributed by atoms with Crippen molar-refractivity contribution < 1.29 is 24.5 Å². The molecule has 1 fully saturated rings. The van der Waals surface area contributed by atoms with E-state index in [2.05, 4.69) is 15.9 Å². The van der Waals surface area contributed by atoms with Gasteiger partial charge in [-0.3, -0.25) is 9.69 Å². The molecule has 1 amide bonds. The highest BCUT2D eigenvalue weighted by Gasteiger charge is 2.56. The number of fused-ring (bicyclic) bond motifs is 1. The van der Waals surface area contributed by atoms with Gasteiger partial charge in [0.2, 0.25) is 0 Å². The second-order valence-electron chi connectivity index (χ2n) is 8.56. The fourth-order valence-corrected chi connectivity index (χ4v) is 4.79. The number of amides is 1. The summed E-state index contributed by atoms with van der Waals surface area (Å²) in [6.45, 7) is -6.00. The van der Waals surface area contributed by atoms with Crippen molar-refractivity contribution in [2.45, 2.75) is 25.1 Å². The molecule has 0 aromatic heterocycles. The van der Waals surface area contributed by atoms with Gasteiger partial charge in [0.05, 0.1) is 41.4 Å². The lowest BCUT2D eigenvalue weighted by Gasteiger charge is -2.40. The van der Waals surface area contributed by atoms with Gasteiger partial charge in [0.15, 0.2) is 5.72 Å². The Morgan fingerprint density at radius 1 is 1.20 bits per heavy atom. The van der Waals surface area contributed by atoms with Crippen LogP contribution in [-0.2, 0) is 17.0 Å². The van der Waals surface area contributed by atoms with Gasteiger partial charge < -0.3 is 9.84 Å². The molecule has 3 aromatic carbocycles. The third kappa shape index (κ3) is 4.15. The molecule has 0 spiro atoms. The average molecular weight is 560 g/mol. The highest BCUT2D eigenvalue weighted by atomic mass is 79.9. The van der Waals surface area contributed by atoms with Gasteiger partial charge >= 0.3 is 0 Å². The van der Waals surface area contributed by atoms with Crippen LogP contribution >= 0.6 is 27.5 Å². The first kappa shape index (κ1) is 19.4. The van der Waals surface area contributed by atoms with Crippen LogP contribution in [0.1, 0.15) is 50.9 Å². The molecular weight excluding hydrogens is 535 g/mol. The topological polar surface area (TPSA) is 73.6 Å². The van der Waals surface area contributed by atoms with Crippen molar-refractivity contribution >= 4 is 33.4 Å². The normalized spacial score (nSPS) is 22.5. The molecule has 3 aromatic rings. The number of aliphatic hydroxyl groups is 1. The number of benzene rings is 3. The molecule has 5 nitrogen and oxygen atoms in total. The third-order valence-corrected chi connectivity index (χ3v) is 6.98. The fraction of sp³-hybridized carbons (Fsp3) is 0.259. The van der Waals surface area contributed by atoms with Crippen LogP contribution in [0.15, 0.2) is 65.1 Å². The molecule has 1 atom stereocenters. The molecule has 1 saturated carbocycles. The Hall–Kier alpha value is -2.76. The number of hydrogen-bond donors (Lipinski definition) is 1. The smallest absolute Gasteiger partial charge is 0.257 e. The zero-order valence-electron chi connectivity index (χ0n) is 22.2. The molecule has 1 aliphatic heterocycles. The van der Waals surface area contributed by atoms with Crippen molar-refractivity contribution in [2.24, 2.45) is 5.41 Å². The zero-order valence-corrected chi connectivity index (χ0v) is 20.5. The van der Waals surface area contributed by atoms with E-state index in [9.17, 15) is 15.2 Å². The molecule has 178 valence electrons. The Morgan fingerprint density at radius 2 is 1.89 bits per heavy atom. The third-order valence-electron chi connectivity index (χ3n) is 6.27. The molecule has 5 rings (SSSR count). The van der Waals surface area contributed by atoms with Gasteiger partial charge in [-0.05, 0) is 54.8 Å². The van der Waals surface area contributed by atoms with Gasteiger partial charge in [0, 0.05) is 27.0 Å². The maximum absolute atomic E-state index is 15.9. The van der Waals surface area contributed by atoms with Gasteiger partial charge in [-0.25, -0.2) is 4.39 Å². The Bertz CT molecular complexity index is 1510. The van der Waals surface area contributed by atoms with Gasteiger partial charge in [0.25, 0.3) is 5.91 Å². The van der Waals surface area contributed by atoms with E-state index >= 15 is 4.39 Å². The molecule has 2 aliphatic rings. The van der Waals surface area contributed by atoms with E-state index in [0.717, 1.165) is 6.07 Å². The summed E-state index contributed by atoms with van der Waals surface area (Å²) in [4.78, 5) is 15.1. The Morgan fingerprint density at radius 3 is 2.49 bits per heavy atom. The van der Waals surface area contributed by atoms with Crippen LogP contribution in [0.5, 0.6) is 0 Å². The van der Waals surface area contributed by atoms with Crippen LogP contribution in [0.4, 0.5) is 4.39 Å². The highest BCUT2D eigenvalue weighted by Crippen LogP contribution is 2.52. The predicted molar refractivity (Wildman–Crippen MR) is 132 cm³/mol. The lowest BCUT2D eigenvalue weighted by atomic mass is 9.92. The molecule has 35 heavy (non-hydrogen) atoms. The van der Waals surface area contributed by atoms with Crippen LogP contribution in [0.3, 0.4) is 0 Å². The van der Waals surface area contributed by atoms with Gasteiger partial charge in [-0.15, -0.1) is 0 Å². The first-order chi connectivity index (χ1) is 18.3. The summed E-state index contributed by atoms with van der Waals surface area (Å²) in [5, 5.41) is 19.8. The Balaban J connectivity index is 1.77. The van der Waals surface area contributed by atoms with Gasteiger partial charge in [-0.1, -0.05) is 51.8 Å². The second-order valence-corrected chi connectivity index (χ2v) is 9.91. The minimum absolute atomic E-state index is 0.0283. The number of nitrogens with zero attached hydrogens (tertiary/aromatic N) is 2. The van der Waals surface area contributed by atoms with E-state index in [4.69, 9.17) is 21.8 Å². The maximum atomic E-state index is 15.9. The Kier molecular flexibility index (Phi) is 5.01. The van der Waals surface area contributed by atoms with Crippen LogP contribution < -0.4 is 0 Å². The quantitative estimate of drug-likeness (QED) is 0.400. The molecule has 0 bridgehead atoms. The molecule has 0 saturated heterocycles. The van der Waals surface area contributed by atoms with Crippen LogP contribution in [0.2, 0.25) is 5.02 Å².